The molecule has 0 spiro atoms. The third-order valence-corrected chi connectivity index (χ3v) is 2.07. The highest BCUT2D eigenvalue weighted by molar-refractivity contribution is 5.79. The molecular weight excluding hydrogens is 200 g/mol. The third-order valence-electron chi connectivity index (χ3n) is 2.07. The second-order valence-electron chi connectivity index (χ2n) is 3.55. The number of hydrogen-bond acceptors (Lipinski definition) is 1. The quantitative estimate of drug-likeness (QED) is 0.446. The van der Waals surface area contributed by atoms with Gasteiger partial charge in [-0.1, -0.05) is 6.08 Å². The largest absolute Gasteiger partial charge is 0.357 e. The number of nitrogens with zero attached hydrogens (tertiary/aromatic N) is 2. The minimum absolute atomic E-state index is 0.688. The molecule has 0 atom stereocenters. The normalized spacial score (nSPS) is 11.2. The highest BCUT2D eigenvalue weighted by atomic mass is 15.2. The molecule has 1 aromatic rings. The second kappa shape index (κ2) is 6.71. The van der Waals surface area contributed by atoms with Gasteiger partial charge in [-0.15, -0.1) is 6.58 Å². The summed E-state index contributed by atoms with van der Waals surface area (Å²) in [5.74, 6) is 0.825. The lowest BCUT2D eigenvalue weighted by molar-refractivity contribution is 0.857. The third kappa shape index (κ3) is 4.21. The molecule has 0 unspecified atom stereocenters. The first-order chi connectivity index (χ1) is 7.76. The first-order valence-electron chi connectivity index (χ1n) is 5.50. The van der Waals surface area contributed by atoms with Crippen molar-refractivity contribution in [3.8, 4) is 0 Å². The van der Waals surface area contributed by atoms with Crippen molar-refractivity contribution in [1.29, 1.82) is 0 Å². The number of nitrogens with one attached hydrogen (secondary N) is 2. The maximum Gasteiger partial charge on any atom is 0.191 e. The Labute approximate surface area is 97.1 Å². The van der Waals surface area contributed by atoms with Crippen LogP contribution in [0.3, 0.4) is 0 Å². The van der Waals surface area contributed by atoms with E-state index < -0.39 is 0 Å². The average molecular weight is 220 g/mol. The van der Waals surface area contributed by atoms with Crippen LogP contribution < -0.4 is 10.6 Å². The predicted octanol–water partition coefficient (Wildman–Crippen LogP) is 1.27. The molecule has 0 amide bonds. The number of aromatic nitrogens is 1. The molecule has 2 N–H and O–H groups in total. The minimum Gasteiger partial charge on any atom is -0.357 e. The van der Waals surface area contributed by atoms with Crippen molar-refractivity contribution in [3.05, 3.63) is 36.7 Å². The van der Waals surface area contributed by atoms with Gasteiger partial charge in [-0.05, 0) is 18.6 Å². The smallest absolute Gasteiger partial charge is 0.191 e. The maximum atomic E-state index is 4.47. The molecule has 1 heterocycles. The van der Waals surface area contributed by atoms with E-state index in [0.717, 1.165) is 19.0 Å². The summed E-state index contributed by atoms with van der Waals surface area (Å²) in [4.78, 5) is 4.47. The molecule has 0 bridgehead atoms. The van der Waals surface area contributed by atoms with Gasteiger partial charge in [0, 0.05) is 32.5 Å². The molecule has 0 radical (unpaired) electrons. The van der Waals surface area contributed by atoms with Crippen molar-refractivity contribution >= 4 is 5.96 Å². The average Bonchev–Trinajstić information content (AvgIpc) is 2.68. The van der Waals surface area contributed by atoms with E-state index in [0.29, 0.717) is 6.54 Å². The first-order valence-corrected chi connectivity index (χ1v) is 5.50. The second-order valence-corrected chi connectivity index (χ2v) is 3.55. The van der Waals surface area contributed by atoms with E-state index in [9.17, 15) is 0 Å². The molecule has 1 aromatic heterocycles. The molecular formula is C12H20N4. The van der Waals surface area contributed by atoms with Crippen LogP contribution in [-0.2, 0) is 13.6 Å². The summed E-state index contributed by atoms with van der Waals surface area (Å²) in [5.41, 5.74) is 1.21. The van der Waals surface area contributed by atoms with Crippen LogP contribution in [0.1, 0.15) is 12.5 Å². The molecule has 16 heavy (non-hydrogen) atoms. The van der Waals surface area contributed by atoms with Crippen molar-refractivity contribution in [2.24, 2.45) is 12.0 Å². The van der Waals surface area contributed by atoms with Crippen LogP contribution in [0.4, 0.5) is 0 Å². The van der Waals surface area contributed by atoms with Crippen molar-refractivity contribution in [2.45, 2.75) is 13.5 Å². The van der Waals surface area contributed by atoms with Crippen LogP contribution in [0, 0.1) is 0 Å². The highest BCUT2D eigenvalue weighted by Crippen LogP contribution is 2.00. The van der Waals surface area contributed by atoms with Gasteiger partial charge in [0.15, 0.2) is 5.96 Å². The molecule has 4 heteroatoms. The lowest BCUT2D eigenvalue weighted by Gasteiger charge is -2.08. The van der Waals surface area contributed by atoms with Crippen LogP contribution in [0.5, 0.6) is 0 Å². The van der Waals surface area contributed by atoms with Crippen LogP contribution in [0.2, 0.25) is 0 Å². The van der Waals surface area contributed by atoms with Crippen LogP contribution in [-0.4, -0.2) is 23.6 Å². The number of aliphatic imine (C=N–C) groups is 1. The van der Waals surface area contributed by atoms with E-state index in [2.05, 4.69) is 34.5 Å². The van der Waals surface area contributed by atoms with Crippen LogP contribution in [0.15, 0.2) is 36.1 Å². The topological polar surface area (TPSA) is 41.4 Å². The van der Waals surface area contributed by atoms with Crippen LogP contribution in [0.25, 0.3) is 0 Å². The maximum absolute atomic E-state index is 4.47. The zero-order valence-corrected chi connectivity index (χ0v) is 10.0. The summed E-state index contributed by atoms with van der Waals surface area (Å²) in [6, 6.07) is 2.07. The van der Waals surface area contributed by atoms with Crippen molar-refractivity contribution in [2.75, 3.05) is 13.1 Å². The molecule has 0 saturated carbocycles. The molecule has 0 aliphatic carbocycles. The number of rotatable bonds is 5. The van der Waals surface area contributed by atoms with Gasteiger partial charge >= 0.3 is 0 Å². The number of guanidine groups is 1. The van der Waals surface area contributed by atoms with E-state index in [1.54, 1.807) is 0 Å². The Morgan fingerprint density at radius 1 is 1.56 bits per heavy atom. The summed E-state index contributed by atoms with van der Waals surface area (Å²) in [6.07, 6.45) is 5.91. The lowest BCUT2D eigenvalue weighted by atomic mass is 10.3. The Bertz CT molecular complexity index is 352. The van der Waals surface area contributed by atoms with Crippen molar-refractivity contribution in [3.63, 3.8) is 0 Å². The van der Waals surface area contributed by atoms with Crippen LogP contribution >= 0.6 is 0 Å². The summed E-state index contributed by atoms with van der Waals surface area (Å²) in [6.45, 7) is 7.98. The molecule has 0 aliphatic rings. The zero-order chi connectivity index (χ0) is 11.8. The Kier molecular flexibility index (Phi) is 5.19. The Morgan fingerprint density at radius 3 is 2.94 bits per heavy atom. The van der Waals surface area contributed by atoms with E-state index in [1.165, 1.54) is 5.56 Å². The van der Waals surface area contributed by atoms with Gasteiger partial charge in [-0.25, -0.2) is 4.99 Å². The fourth-order valence-corrected chi connectivity index (χ4v) is 1.34. The number of hydrogen-bond donors (Lipinski definition) is 2. The van der Waals surface area contributed by atoms with Gasteiger partial charge in [0.05, 0.1) is 6.54 Å². The first kappa shape index (κ1) is 12.4. The monoisotopic (exact) mass is 220 g/mol. The van der Waals surface area contributed by atoms with E-state index in [4.69, 9.17) is 0 Å². The Balaban J connectivity index is 2.52. The van der Waals surface area contributed by atoms with Gasteiger partial charge < -0.3 is 15.2 Å². The molecule has 0 fully saturated rings. The van der Waals surface area contributed by atoms with Gasteiger partial charge in [0.2, 0.25) is 0 Å². The SMILES string of the molecule is C=CCNC(=NCc1ccn(C)c1)NCC. The van der Waals surface area contributed by atoms with Gasteiger partial charge in [-0.3, -0.25) is 0 Å². The standard InChI is InChI=1S/C12H20N4/c1-4-7-14-12(13-5-2)15-9-11-6-8-16(3)10-11/h4,6,8,10H,1,5,7,9H2,2-3H3,(H2,13,14,15). The Hall–Kier alpha value is -1.71. The predicted molar refractivity (Wildman–Crippen MR) is 68.4 cm³/mol. The summed E-state index contributed by atoms with van der Waals surface area (Å²) < 4.78 is 2.02. The zero-order valence-electron chi connectivity index (χ0n) is 10.0. The molecule has 4 nitrogen and oxygen atoms in total. The van der Waals surface area contributed by atoms with E-state index in [-0.39, 0.29) is 0 Å². The molecule has 1 rings (SSSR count). The molecule has 0 aliphatic heterocycles. The van der Waals surface area contributed by atoms with E-state index in [1.807, 2.05) is 30.8 Å². The summed E-state index contributed by atoms with van der Waals surface area (Å²) >= 11 is 0. The number of aryl methyl sites for hydroxylation is 1. The lowest BCUT2D eigenvalue weighted by Crippen LogP contribution is -2.37. The van der Waals surface area contributed by atoms with Crippen molar-refractivity contribution < 1.29 is 0 Å². The fourth-order valence-electron chi connectivity index (χ4n) is 1.34. The van der Waals surface area contributed by atoms with E-state index >= 15 is 0 Å². The van der Waals surface area contributed by atoms with Gasteiger partial charge in [0.25, 0.3) is 0 Å². The molecule has 0 saturated heterocycles. The Morgan fingerprint density at radius 2 is 2.38 bits per heavy atom. The molecule has 88 valence electrons. The summed E-state index contributed by atoms with van der Waals surface area (Å²) in [5, 5.41) is 6.34. The van der Waals surface area contributed by atoms with Gasteiger partial charge in [0.1, 0.15) is 0 Å². The fraction of sp³-hybridized carbons (Fsp3) is 0.417. The van der Waals surface area contributed by atoms with Gasteiger partial charge in [-0.2, -0.15) is 0 Å². The summed E-state index contributed by atoms with van der Waals surface area (Å²) in [7, 11) is 2.01. The molecule has 0 aromatic carbocycles. The van der Waals surface area contributed by atoms with Crippen molar-refractivity contribution in [1.82, 2.24) is 15.2 Å². The highest BCUT2D eigenvalue weighted by Gasteiger charge is 1.96. The minimum atomic E-state index is 0.688.